The van der Waals surface area contributed by atoms with E-state index in [1.165, 1.54) is 19.3 Å². The monoisotopic (exact) mass is 198 g/mol. The van der Waals surface area contributed by atoms with Crippen LogP contribution in [0.4, 0.5) is 0 Å². The summed E-state index contributed by atoms with van der Waals surface area (Å²) in [6.07, 6.45) is 5.72. The molecule has 0 saturated carbocycles. The topological polar surface area (TPSA) is 36.3 Å². The van der Waals surface area contributed by atoms with E-state index in [1.54, 1.807) is 0 Å². The SMILES string of the molecule is CCCCOCCN1CCCCC1=N. The molecule has 1 aliphatic heterocycles. The molecule has 3 heteroatoms. The minimum atomic E-state index is 0.780. The number of rotatable bonds is 6. The van der Waals surface area contributed by atoms with Gasteiger partial charge in [-0.2, -0.15) is 0 Å². The zero-order valence-electron chi connectivity index (χ0n) is 9.22. The summed E-state index contributed by atoms with van der Waals surface area (Å²) < 4.78 is 5.49. The molecule has 0 aliphatic carbocycles. The van der Waals surface area contributed by atoms with Crippen LogP contribution in [0.1, 0.15) is 39.0 Å². The molecule has 0 aromatic heterocycles. The molecule has 1 aliphatic rings. The molecule has 1 heterocycles. The third-order valence-electron chi connectivity index (χ3n) is 2.62. The second kappa shape index (κ2) is 6.82. The number of amidine groups is 1. The van der Waals surface area contributed by atoms with E-state index in [0.717, 1.165) is 45.0 Å². The smallest absolute Gasteiger partial charge is 0.0958 e. The average Bonchev–Trinajstić information content (AvgIpc) is 2.20. The number of hydrogen-bond acceptors (Lipinski definition) is 2. The van der Waals surface area contributed by atoms with Crippen LogP contribution in [0.2, 0.25) is 0 Å². The van der Waals surface area contributed by atoms with Crippen LogP contribution in [0, 0.1) is 5.41 Å². The van der Waals surface area contributed by atoms with Crippen LogP contribution in [0.3, 0.4) is 0 Å². The maximum Gasteiger partial charge on any atom is 0.0958 e. The number of ether oxygens (including phenoxy) is 1. The van der Waals surface area contributed by atoms with Gasteiger partial charge in [-0.3, -0.25) is 5.41 Å². The van der Waals surface area contributed by atoms with Crippen LogP contribution in [0.5, 0.6) is 0 Å². The first-order valence-electron chi connectivity index (χ1n) is 5.74. The van der Waals surface area contributed by atoms with E-state index in [1.807, 2.05) is 0 Å². The Morgan fingerprint density at radius 2 is 2.21 bits per heavy atom. The highest BCUT2D eigenvalue weighted by molar-refractivity contribution is 5.79. The van der Waals surface area contributed by atoms with Gasteiger partial charge in [0.2, 0.25) is 0 Å². The van der Waals surface area contributed by atoms with E-state index in [9.17, 15) is 0 Å². The molecule has 0 aromatic rings. The minimum absolute atomic E-state index is 0.780. The molecule has 1 rings (SSSR count). The molecular formula is C11H22N2O. The highest BCUT2D eigenvalue weighted by Gasteiger charge is 2.13. The third-order valence-corrected chi connectivity index (χ3v) is 2.62. The molecule has 0 atom stereocenters. The second-order valence-electron chi connectivity index (χ2n) is 3.86. The second-order valence-corrected chi connectivity index (χ2v) is 3.86. The van der Waals surface area contributed by atoms with Crippen LogP contribution in [-0.2, 0) is 4.74 Å². The lowest BCUT2D eigenvalue weighted by Crippen LogP contribution is -2.37. The zero-order chi connectivity index (χ0) is 10.2. The summed E-state index contributed by atoms with van der Waals surface area (Å²) in [4.78, 5) is 2.15. The average molecular weight is 198 g/mol. The fourth-order valence-corrected chi connectivity index (χ4v) is 1.66. The molecule has 0 amide bonds. The van der Waals surface area contributed by atoms with Crippen molar-refractivity contribution in [3.8, 4) is 0 Å². The Morgan fingerprint density at radius 3 is 2.93 bits per heavy atom. The maximum atomic E-state index is 7.73. The van der Waals surface area contributed by atoms with Crippen molar-refractivity contribution in [2.45, 2.75) is 39.0 Å². The van der Waals surface area contributed by atoms with Crippen LogP contribution in [-0.4, -0.2) is 37.0 Å². The van der Waals surface area contributed by atoms with Crippen molar-refractivity contribution in [2.75, 3.05) is 26.3 Å². The minimum Gasteiger partial charge on any atom is -0.380 e. The molecule has 1 saturated heterocycles. The first kappa shape index (κ1) is 11.5. The van der Waals surface area contributed by atoms with E-state index in [4.69, 9.17) is 10.1 Å². The number of nitrogens with zero attached hydrogens (tertiary/aromatic N) is 1. The van der Waals surface area contributed by atoms with Crippen molar-refractivity contribution < 1.29 is 4.74 Å². The van der Waals surface area contributed by atoms with Crippen LogP contribution in [0.25, 0.3) is 0 Å². The summed E-state index contributed by atoms with van der Waals surface area (Å²) in [5.74, 6) is 0.801. The number of hydrogen-bond donors (Lipinski definition) is 1. The summed E-state index contributed by atoms with van der Waals surface area (Å²) in [6.45, 7) is 5.78. The molecule has 14 heavy (non-hydrogen) atoms. The molecule has 0 unspecified atom stereocenters. The van der Waals surface area contributed by atoms with Gasteiger partial charge in [0.1, 0.15) is 0 Å². The summed E-state index contributed by atoms with van der Waals surface area (Å²) in [5.41, 5.74) is 0. The number of likely N-dealkylation sites (tertiary alicyclic amines) is 1. The predicted octanol–water partition coefficient (Wildman–Crippen LogP) is 2.27. The summed E-state index contributed by atoms with van der Waals surface area (Å²) in [6, 6.07) is 0. The number of nitrogens with one attached hydrogen (secondary N) is 1. The van der Waals surface area contributed by atoms with Crippen molar-refractivity contribution >= 4 is 5.84 Å². The molecule has 0 aromatic carbocycles. The lowest BCUT2D eigenvalue weighted by atomic mass is 10.1. The van der Waals surface area contributed by atoms with Crippen molar-refractivity contribution in [1.29, 1.82) is 5.41 Å². The van der Waals surface area contributed by atoms with Crippen molar-refractivity contribution in [1.82, 2.24) is 4.90 Å². The molecule has 0 bridgehead atoms. The van der Waals surface area contributed by atoms with Gasteiger partial charge in [0.15, 0.2) is 0 Å². The Morgan fingerprint density at radius 1 is 1.36 bits per heavy atom. The van der Waals surface area contributed by atoms with Crippen molar-refractivity contribution in [2.24, 2.45) is 0 Å². The van der Waals surface area contributed by atoms with Gasteiger partial charge >= 0.3 is 0 Å². The van der Waals surface area contributed by atoms with Gasteiger partial charge in [0.05, 0.1) is 12.4 Å². The molecular weight excluding hydrogens is 176 g/mol. The lowest BCUT2D eigenvalue weighted by molar-refractivity contribution is 0.115. The number of piperidine rings is 1. The fraction of sp³-hybridized carbons (Fsp3) is 0.909. The van der Waals surface area contributed by atoms with E-state index in [-0.39, 0.29) is 0 Å². The van der Waals surface area contributed by atoms with E-state index < -0.39 is 0 Å². The quantitative estimate of drug-likeness (QED) is 0.665. The van der Waals surface area contributed by atoms with E-state index in [2.05, 4.69) is 11.8 Å². The Hall–Kier alpha value is -0.570. The lowest BCUT2D eigenvalue weighted by Gasteiger charge is -2.29. The van der Waals surface area contributed by atoms with Crippen LogP contribution in [0.15, 0.2) is 0 Å². The summed E-state index contributed by atoms with van der Waals surface area (Å²) in [7, 11) is 0. The Bertz CT molecular complexity index is 171. The standard InChI is InChI=1S/C11H22N2O/c1-2-3-9-14-10-8-13-7-5-4-6-11(13)12/h12H,2-10H2,1H3. The largest absolute Gasteiger partial charge is 0.380 e. The molecule has 3 nitrogen and oxygen atoms in total. The Balaban J connectivity index is 2.02. The van der Waals surface area contributed by atoms with Gasteiger partial charge in [-0.25, -0.2) is 0 Å². The van der Waals surface area contributed by atoms with E-state index >= 15 is 0 Å². The molecule has 0 radical (unpaired) electrons. The van der Waals surface area contributed by atoms with Crippen LogP contribution >= 0.6 is 0 Å². The first-order valence-corrected chi connectivity index (χ1v) is 5.74. The summed E-state index contributed by atoms with van der Waals surface area (Å²) in [5, 5.41) is 7.73. The fourth-order valence-electron chi connectivity index (χ4n) is 1.66. The zero-order valence-corrected chi connectivity index (χ0v) is 9.22. The van der Waals surface area contributed by atoms with Gasteiger partial charge < -0.3 is 9.64 Å². The van der Waals surface area contributed by atoms with Gasteiger partial charge in [0, 0.05) is 26.1 Å². The Labute approximate surface area is 86.9 Å². The maximum absolute atomic E-state index is 7.73. The van der Waals surface area contributed by atoms with Crippen LogP contribution < -0.4 is 0 Å². The first-order chi connectivity index (χ1) is 6.84. The molecule has 0 spiro atoms. The predicted molar refractivity (Wildman–Crippen MR) is 58.9 cm³/mol. The van der Waals surface area contributed by atoms with Gasteiger partial charge in [-0.15, -0.1) is 0 Å². The van der Waals surface area contributed by atoms with Gasteiger partial charge in [0.25, 0.3) is 0 Å². The van der Waals surface area contributed by atoms with E-state index in [0.29, 0.717) is 0 Å². The van der Waals surface area contributed by atoms with Gasteiger partial charge in [-0.1, -0.05) is 13.3 Å². The Kier molecular flexibility index (Phi) is 5.60. The normalized spacial score (nSPS) is 17.5. The number of unbranched alkanes of at least 4 members (excludes halogenated alkanes) is 1. The molecule has 1 fully saturated rings. The van der Waals surface area contributed by atoms with Crippen molar-refractivity contribution in [3.63, 3.8) is 0 Å². The molecule has 82 valence electrons. The summed E-state index contributed by atoms with van der Waals surface area (Å²) >= 11 is 0. The third kappa shape index (κ3) is 4.09. The highest BCUT2D eigenvalue weighted by Crippen LogP contribution is 2.09. The molecule has 1 N–H and O–H groups in total. The van der Waals surface area contributed by atoms with Gasteiger partial charge in [-0.05, 0) is 19.3 Å². The highest BCUT2D eigenvalue weighted by atomic mass is 16.5. The van der Waals surface area contributed by atoms with Crippen molar-refractivity contribution in [3.05, 3.63) is 0 Å².